The lowest BCUT2D eigenvalue weighted by Crippen LogP contribution is -2.49. The van der Waals surface area contributed by atoms with Crippen LogP contribution in [0.3, 0.4) is 0 Å². The number of aromatic amines is 2. The number of hydrogen-bond donors (Lipinski definition) is 4. The Bertz CT molecular complexity index is 6250. The zero-order valence-corrected chi connectivity index (χ0v) is 66.0. The van der Waals surface area contributed by atoms with Gasteiger partial charge < -0.3 is 90.6 Å². The molecule has 0 aliphatic carbocycles. The molecular weight excluding hydrogens is 1600 g/mol. The number of non-ortho nitro benzene ring substituents is 1. The molecule has 4 N–H and O–H groups in total. The molecule has 2 aromatic heterocycles. The molecule has 9 aromatic rings. The Morgan fingerprint density at radius 3 is 1.58 bits per heavy atom. The summed E-state index contributed by atoms with van der Waals surface area (Å²) < 4.78 is 94.5. The molecule has 0 spiro atoms. The second kappa shape index (κ2) is 32.5. The van der Waals surface area contributed by atoms with Crippen LogP contribution in [-0.2, 0) is 65.2 Å². The third-order valence-corrected chi connectivity index (χ3v) is 22.9. The number of H-pyrrole nitrogens is 2. The second-order valence-electron chi connectivity index (χ2n) is 28.6. The Balaban J connectivity index is 0.000000147. The number of nitro benzene ring substituents is 2. The molecule has 0 radical (unpaired) electrons. The van der Waals surface area contributed by atoms with E-state index in [1.54, 1.807) is 55.3 Å². The Morgan fingerprint density at radius 1 is 0.585 bits per heavy atom. The summed E-state index contributed by atoms with van der Waals surface area (Å²) in [5.41, 5.74) is -7.06. The lowest BCUT2D eigenvalue weighted by atomic mass is 9.88. The fraction of sp³-hybridized carbons (Fsp3) is 0.329. The van der Waals surface area contributed by atoms with Crippen molar-refractivity contribution >= 4 is 95.0 Å². The number of carbonyl (C=O) groups excluding carboxylic acids is 3. The summed E-state index contributed by atoms with van der Waals surface area (Å²) in [5, 5.41) is 36.5. The molecule has 6 saturated heterocycles. The molecule has 7 aromatic carbocycles. The molecule has 15 atom stereocenters. The maximum absolute atomic E-state index is 13.0. The number of nitrogens with zero attached hydrogens (tertiary/aromatic N) is 5. The molecule has 118 heavy (non-hydrogen) atoms. The highest BCUT2D eigenvalue weighted by Gasteiger charge is 2.66. The van der Waals surface area contributed by atoms with Crippen LogP contribution in [0.2, 0.25) is 0 Å². The molecule has 6 bridgehead atoms. The van der Waals surface area contributed by atoms with Gasteiger partial charge in [-0.25, -0.2) is 14.4 Å². The maximum atomic E-state index is 13.0. The van der Waals surface area contributed by atoms with Crippen molar-refractivity contribution in [2.24, 2.45) is 0 Å². The number of nitrogens with one attached hydrogen (secondary N) is 4. The Morgan fingerprint density at radius 2 is 1.07 bits per heavy atom. The molecule has 6 unspecified atom stereocenters. The highest BCUT2D eigenvalue weighted by molar-refractivity contribution is 7.51. The van der Waals surface area contributed by atoms with E-state index in [9.17, 15) is 82.2 Å². The number of rotatable bonds is 18. The smallest absolute Gasteiger partial charge is 0.339 e. The monoisotopic (exact) mass is 1670 g/mol. The summed E-state index contributed by atoms with van der Waals surface area (Å²) in [6.45, 7) is 12.0. The number of carbonyl (C=O) groups is 3. The fourth-order valence-corrected chi connectivity index (χ4v) is 17.6. The van der Waals surface area contributed by atoms with Crippen molar-refractivity contribution in [2.75, 3.05) is 53.0 Å². The molecule has 16 rings (SSSR count). The molecule has 9 heterocycles. The van der Waals surface area contributed by atoms with Gasteiger partial charge in [-0.1, -0.05) is 142 Å². The molecule has 7 aliphatic rings. The zero-order chi connectivity index (χ0) is 84.3. The van der Waals surface area contributed by atoms with Gasteiger partial charge in [-0.3, -0.25) is 58.5 Å². The van der Waals surface area contributed by atoms with Crippen LogP contribution in [-0.4, -0.2) is 164 Å². The van der Waals surface area contributed by atoms with Crippen LogP contribution in [0.5, 0.6) is 0 Å². The standard InChI is InChI=1S/C35H29N2O6P.C22H22N5O12P.C22H23N2O9P/c1-4-35-19-41-31(32(35)43-44(3,39)40)34(42-35)37-18-23(33(38)36-20(37)2)15-14-21-16-17-28-26-12-6-9-22-8-5-11-25(29(22)26)27-13-7-10-24(21)30(27)28;1-3-22-11-37-16(17(22)39-40(2,35)36)20(38-22)25-10-12(18(28)24-21(25)30)5-4-8-23-19(29)14-7-6-13(26(31)32)9-15(14)27(33)34;1-3-22-13-31-16(17(22)33-34(2,28)29)19(32-22)24-12-15(18(25)23-21(24)27)10-7-11-30-20(26)14-8-5-4-6-9-14/h5-13,16-18,31-32,34H,2,4,19H2,1,3H3,(H,36,38)(H,39,40);6-7,9-10,16-17,20H,3,8,11H2,1-2H3,(H,23,29)(H,35,36)(H,24,28,30);4-6,8-9,12,16-17,19H,3,11,13H2,1-2H3,(H,28,29)(H,23,25,27)/p-3/t31?,32-,34+,35+;16?,17-,20+,22+;16?,17-,19+,22+/m000/s1. The van der Waals surface area contributed by atoms with Crippen molar-refractivity contribution in [3.63, 3.8) is 0 Å². The number of fused-ring (bicyclic) bond motifs is 8. The van der Waals surface area contributed by atoms with E-state index in [1.165, 1.54) is 27.7 Å². The predicted molar refractivity (Wildman–Crippen MR) is 416 cm³/mol. The molecule has 36 nitrogen and oxygen atoms in total. The third kappa shape index (κ3) is 16.3. The number of benzene rings is 7. The highest BCUT2D eigenvalue weighted by Crippen LogP contribution is 2.55. The first-order valence-corrected chi connectivity index (χ1v) is 42.6. The van der Waals surface area contributed by atoms with Crippen molar-refractivity contribution in [3.05, 3.63) is 242 Å². The van der Waals surface area contributed by atoms with E-state index in [0.29, 0.717) is 30.9 Å². The normalized spacial score (nSPS) is 25.9. The molecular formula is C79H71N9O27P3-3. The van der Waals surface area contributed by atoms with Crippen LogP contribution in [0, 0.1) is 55.8 Å². The van der Waals surface area contributed by atoms with Gasteiger partial charge in [-0.2, -0.15) is 0 Å². The fourth-order valence-electron chi connectivity index (χ4n) is 15.4. The van der Waals surface area contributed by atoms with Gasteiger partial charge in [0.15, 0.2) is 25.3 Å². The van der Waals surface area contributed by atoms with Crippen LogP contribution in [0.4, 0.5) is 11.4 Å². The lowest BCUT2D eigenvalue weighted by Gasteiger charge is -2.38. The Kier molecular flexibility index (Phi) is 22.9. The van der Waals surface area contributed by atoms with Gasteiger partial charge in [0.05, 0.1) is 47.8 Å². The summed E-state index contributed by atoms with van der Waals surface area (Å²) in [5.74, 6) is 14.8. The topological polar surface area (TPSA) is 487 Å². The summed E-state index contributed by atoms with van der Waals surface area (Å²) in [4.78, 5) is 149. The number of aromatic nitrogens is 4. The number of esters is 1. The minimum absolute atomic E-state index is 0.0344. The van der Waals surface area contributed by atoms with E-state index in [2.05, 4.69) is 117 Å². The molecule has 39 heteroatoms. The average Bonchev–Trinajstić information content (AvgIpc) is 1.28. The minimum atomic E-state index is -4.20. The van der Waals surface area contributed by atoms with Crippen molar-refractivity contribution in [1.82, 2.24) is 34.6 Å². The summed E-state index contributed by atoms with van der Waals surface area (Å²) in [6, 6.07) is 34.0. The second-order valence-corrected chi connectivity index (χ2v) is 33.8. The van der Waals surface area contributed by atoms with Crippen LogP contribution in [0.25, 0.3) is 43.1 Å². The Hall–Kier alpha value is -11.4. The van der Waals surface area contributed by atoms with Crippen molar-refractivity contribution in [1.29, 1.82) is 0 Å². The molecule has 7 aliphatic heterocycles. The van der Waals surface area contributed by atoms with Gasteiger partial charge in [0.25, 0.3) is 34.3 Å². The van der Waals surface area contributed by atoms with E-state index in [4.69, 9.17) is 46.7 Å². The molecule has 0 saturated carbocycles. The van der Waals surface area contributed by atoms with E-state index >= 15 is 0 Å². The van der Waals surface area contributed by atoms with Gasteiger partial charge in [0.1, 0.15) is 104 Å². The van der Waals surface area contributed by atoms with Crippen molar-refractivity contribution in [3.8, 4) is 35.5 Å². The van der Waals surface area contributed by atoms with Gasteiger partial charge in [0, 0.05) is 50.2 Å². The van der Waals surface area contributed by atoms with E-state index < -0.39 is 156 Å². The highest BCUT2D eigenvalue weighted by atomic mass is 31.2. The molecule has 2 amide bonds. The molecule has 612 valence electrons. The predicted octanol–water partition coefficient (Wildman–Crippen LogP) is 5.52. The average molecular weight is 1670 g/mol. The first-order valence-electron chi connectivity index (χ1n) is 36.6. The minimum Gasteiger partial charge on any atom is -0.779 e. The first kappa shape index (κ1) is 83.1. The number of hydrogen-bond acceptors (Lipinski definition) is 28. The van der Waals surface area contributed by atoms with Crippen molar-refractivity contribution in [2.45, 2.75) is 112 Å². The largest absolute Gasteiger partial charge is 0.779 e. The maximum Gasteiger partial charge on any atom is 0.339 e. The SMILES string of the molecule is C=C1NC(=O)C(C#Cc2ccc3c4cccc5cccc(c6cccc2c63)c54)=CN1[C@@H]1O[C@]2(CC)COC1[C@@H]2OP(C)(=O)[O-].CC[C@]12COC([C@H](n3cc(C#CCNC(=O)c4ccc([N+](=O)[O-])cc4[N+](=O)[O-])c(=O)[nH]c3=O)O1)[C@@H]2OP(C)(=O)[O-].CC[C@]12COC([C@H](n3cc(C#CCOC(=O)c4ccccc4)c(=O)[nH]c3=O)O1)[C@@H]2OP(C)(=O)[O-]. The zero-order valence-electron chi connectivity index (χ0n) is 63.4. The van der Waals surface area contributed by atoms with Crippen LogP contribution >= 0.6 is 22.8 Å². The summed E-state index contributed by atoms with van der Waals surface area (Å²) >= 11 is 0. The van der Waals surface area contributed by atoms with E-state index in [0.717, 1.165) is 74.6 Å². The number of amides is 2. The van der Waals surface area contributed by atoms with Crippen LogP contribution in [0.15, 0.2) is 171 Å². The lowest BCUT2D eigenvalue weighted by molar-refractivity contribution is -0.394. The number of ether oxygens (including phenoxy) is 7. The molecule has 6 fully saturated rings. The van der Waals surface area contributed by atoms with Crippen molar-refractivity contribution < 1.29 is 99.3 Å². The quantitative estimate of drug-likeness (QED) is 0.0156. The number of nitro groups is 2. The summed E-state index contributed by atoms with van der Waals surface area (Å²) in [6.07, 6.45) is -3.24. The van der Waals surface area contributed by atoms with Gasteiger partial charge in [-0.05, 0) is 86.6 Å². The van der Waals surface area contributed by atoms with Gasteiger partial charge in [-0.15, -0.1) is 0 Å². The Labute approximate surface area is 668 Å². The van der Waals surface area contributed by atoms with Crippen LogP contribution in [0.1, 0.15) is 89.9 Å². The van der Waals surface area contributed by atoms with Gasteiger partial charge >= 0.3 is 17.3 Å². The van der Waals surface area contributed by atoms with E-state index in [1.807, 2.05) is 19.1 Å². The van der Waals surface area contributed by atoms with E-state index in [-0.39, 0.29) is 61.4 Å². The summed E-state index contributed by atoms with van der Waals surface area (Å²) in [7, 11) is -12.4. The third-order valence-electron chi connectivity index (χ3n) is 21.0. The van der Waals surface area contributed by atoms with Gasteiger partial charge in [0.2, 0.25) is 0 Å². The van der Waals surface area contributed by atoms with Crippen LogP contribution < -0.4 is 47.8 Å². The first-order chi connectivity index (χ1) is 56.1.